The van der Waals surface area contributed by atoms with Gasteiger partial charge in [0.25, 0.3) is 0 Å². The molecular weight excluding hydrogens is 214 g/mol. The summed E-state index contributed by atoms with van der Waals surface area (Å²) in [4.78, 5) is 0. The molecule has 0 aliphatic rings. The Hall–Kier alpha value is -1.68. The Morgan fingerprint density at radius 1 is 1.35 bits per heavy atom. The van der Waals surface area contributed by atoms with Crippen LogP contribution in [-0.4, -0.2) is 22.3 Å². The summed E-state index contributed by atoms with van der Waals surface area (Å²) in [5.74, 6) is 0.549. The summed E-state index contributed by atoms with van der Waals surface area (Å²) < 4.78 is 5.68. The molecule has 4 nitrogen and oxygen atoms in total. The smallest absolute Gasteiger partial charge is 0.241 e. The van der Waals surface area contributed by atoms with E-state index in [2.05, 4.69) is 10.2 Å². The maximum atomic E-state index is 6.03. The van der Waals surface area contributed by atoms with E-state index in [0.29, 0.717) is 12.5 Å². The summed E-state index contributed by atoms with van der Waals surface area (Å²) in [6.45, 7) is 4.44. The van der Waals surface area contributed by atoms with Gasteiger partial charge in [0.1, 0.15) is 6.61 Å². The van der Waals surface area contributed by atoms with Crippen LogP contribution in [0.3, 0.4) is 0 Å². The lowest BCUT2D eigenvalue weighted by atomic mass is 10.0. The minimum absolute atomic E-state index is 0.335. The molecule has 17 heavy (non-hydrogen) atoms. The van der Waals surface area contributed by atoms with Crippen LogP contribution in [0.2, 0.25) is 0 Å². The van der Waals surface area contributed by atoms with Crippen LogP contribution in [0.5, 0.6) is 5.88 Å². The van der Waals surface area contributed by atoms with E-state index < -0.39 is 0 Å². The van der Waals surface area contributed by atoms with Gasteiger partial charge in [-0.25, -0.2) is 0 Å². The van der Waals surface area contributed by atoms with Crippen molar-refractivity contribution >= 4 is 10.8 Å². The van der Waals surface area contributed by atoms with Crippen molar-refractivity contribution in [1.29, 1.82) is 0 Å². The van der Waals surface area contributed by atoms with Crippen molar-refractivity contribution in [2.24, 2.45) is 5.73 Å². The van der Waals surface area contributed by atoms with Gasteiger partial charge in [-0.2, -0.15) is 5.10 Å². The van der Waals surface area contributed by atoms with E-state index in [0.717, 1.165) is 17.2 Å². The first-order chi connectivity index (χ1) is 8.12. The Labute approximate surface area is 101 Å². The predicted octanol–water partition coefficient (Wildman–Crippen LogP) is 2.14. The minimum atomic E-state index is -0.335. The van der Waals surface area contributed by atoms with Crippen LogP contribution in [0.15, 0.2) is 30.5 Å². The first-order valence-electron chi connectivity index (χ1n) is 5.74. The zero-order chi connectivity index (χ0) is 12.3. The second-order valence-electron chi connectivity index (χ2n) is 4.53. The van der Waals surface area contributed by atoms with Crippen LogP contribution in [0.4, 0.5) is 0 Å². The average molecular weight is 231 g/mol. The minimum Gasteiger partial charge on any atom is -0.474 e. The fourth-order valence-corrected chi connectivity index (χ4v) is 1.44. The summed E-state index contributed by atoms with van der Waals surface area (Å²) in [7, 11) is 0. The number of fused-ring (bicyclic) bond motifs is 1. The van der Waals surface area contributed by atoms with E-state index in [1.54, 1.807) is 6.20 Å². The van der Waals surface area contributed by atoms with Crippen molar-refractivity contribution in [3.8, 4) is 5.88 Å². The topological polar surface area (TPSA) is 61.0 Å². The molecule has 0 radical (unpaired) electrons. The maximum Gasteiger partial charge on any atom is 0.241 e. The molecule has 90 valence electrons. The zero-order valence-corrected chi connectivity index (χ0v) is 10.2. The van der Waals surface area contributed by atoms with Crippen LogP contribution in [-0.2, 0) is 0 Å². The second kappa shape index (κ2) is 4.67. The number of benzene rings is 1. The SMILES string of the molecule is CCC(C)(N)COc1nncc2ccccc12. The molecule has 0 aliphatic carbocycles. The van der Waals surface area contributed by atoms with Crippen molar-refractivity contribution in [2.45, 2.75) is 25.8 Å². The standard InChI is InChI=1S/C13H17N3O/c1-3-13(2,14)9-17-12-11-7-5-4-6-10(11)8-15-16-12/h4-8H,3,9,14H2,1-2H3. The van der Waals surface area contributed by atoms with Crippen molar-refractivity contribution in [3.63, 3.8) is 0 Å². The average Bonchev–Trinajstić information content (AvgIpc) is 2.36. The number of nitrogens with zero attached hydrogens (tertiary/aromatic N) is 2. The van der Waals surface area contributed by atoms with Crippen molar-refractivity contribution in [1.82, 2.24) is 10.2 Å². The summed E-state index contributed by atoms with van der Waals surface area (Å²) in [5, 5.41) is 9.93. The number of nitrogens with two attached hydrogens (primary N) is 1. The maximum absolute atomic E-state index is 6.03. The molecule has 1 unspecified atom stereocenters. The normalized spacial score (nSPS) is 14.5. The van der Waals surface area contributed by atoms with Gasteiger partial charge in [-0.1, -0.05) is 25.1 Å². The lowest BCUT2D eigenvalue weighted by Crippen LogP contribution is -2.41. The lowest BCUT2D eigenvalue weighted by molar-refractivity contribution is 0.219. The highest BCUT2D eigenvalue weighted by Crippen LogP contribution is 2.22. The van der Waals surface area contributed by atoms with E-state index in [4.69, 9.17) is 10.5 Å². The van der Waals surface area contributed by atoms with Gasteiger partial charge in [-0.05, 0) is 19.4 Å². The number of hydrogen-bond acceptors (Lipinski definition) is 4. The molecule has 2 aromatic rings. The molecule has 0 amide bonds. The Morgan fingerprint density at radius 3 is 2.88 bits per heavy atom. The van der Waals surface area contributed by atoms with Crippen molar-refractivity contribution in [2.75, 3.05) is 6.61 Å². The van der Waals surface area contributed by atoms with Crippen LogP contribution >= 0.6 is 0 Å². The van der Waals surface area contributed by atoms with Gasteiger partial charge in [0.15, 0.2) is 0 Å². The monoisotopic (exact) mass is 231 g/mol. The molecule has 4 heteroatoms. The third kappa shape index (κ3) is 2.71. The zero-order valence-electron chi connectivity index (χ0n) is 10.2. The van der Waals surface area contributed by atoms with Crippen LogP contribution < -0.4 is 10.5 Å². The van der Waals surface area contributed by atoms with Crippen LogP contribution in [0, 0.1) is 0 Å². The molecular formula is C13H17N3O. The molecule has 1 heterocycles. The van der Waals surface area contributed by atoms with Crippen molar-refractivity contribution in [3.05, 3.63) is 30.5 Å². The van der Waals surface area contributed by atoms with Gasteiger partial charge >= 0.3 is 0 Å². The number of ether oxygens (including phenoxy) is 1. The first kappa shape index (κ1) is 11.8. The molecule has 1 atom stereocenters. The molecule has 1 aromatic carbocycles. The van der Waals surface area contributed by atoms with Gasteiger partial charge in [0.05, 0.1) is 6.20 Å². The van der Waals surface area contributed by atoms with Gasteiger partial charge in [-0.15, -0.1) is 5.10 Å². The summed E-state index contributed by atoms with van der Waals surface area (Å²) in [6.07, 6.45) is 2.58. The number of rotatable bonds is 4. The van der Waals surface area contributed by atoms with Crippen molar-refractivity contribution < 1.29 is 4.74 Å². The molecule has 0 aliphatic heterocycles. The second-order valence-corrected chi connectivity index (χ2v) is 4.53. The Balaban J connectivity index is 2.24. The van der Waals surface area contributed by atoms with E-state index in [9.17, 15) is 0 Å². The third-order valence-electron chi connectivity index (χ3n) is 2.88. The Morgan fingerprint density at radius 2 is 2.12 bits per heavy atom. The Bertz CT molecular complexity index is 505. The van der Waals surface area contributed by atoms with Gasteiger partial charge in [0.2, 0.25) is 5.88 Å². The first-order valence-corrected chi connectivity index (χ1v) is 5.74. The third-order valence-corrected chi connectivity index (χ3v) is 2.88. The van der Waals surface area contributed by atoms with Crippen LogP contribution in [0.25, 0.3) is 10.8 Å². The molecule has 0 fully saturated rings. The lowest BCUT2D eigenvalue weighted by Gasteiger charge is -2.22. The quantitative estimate of drug-likeness (QED) is 0.875. The molecule has 0 spiro atoms. The number of aromatic nitrogens is 2. The molecule has 0 saturated carbocycles. The summed E-state index contributed by atoms with van der Waals surface area (Å²) in [6, 6.07) is 7.88. The van der Waals surface area contributed by atoms with E-state index in [-0.39, 0.29) is 5.54 Å². The summed E-state index contributed by atoms with van der Waals surface area (Å²) in [5.41, 5.74) is 5.70. The fraction of sp³-hybridized carbons (Fsp3) is 0.385. The highest BCUT2D eigenvalue weighted by atomic mass is 16.5. The highest BCUT2D eigenvalue weighted by molar-refractivity contribution is 5.85. The predicted molar refractivity (Wildman–Crippen MR) is 67.9 cm³/mol. The van der Waals surface area contributed by atoms with Crippen LogP contribution in [0.1, 0.15) is 20.3 Å². The van der Waals surface area contributed by atoms with Gasteiger partial charge in [-0.3, -0.25) is 0 Å². The molecule has 0 bridgehead atoms. The molecule has 2 N–H and O–H groups in total. The highest BCUT2D eigenvalue weighted by Gasteiger charge is 2.17. The molecule has 2 rings (SSSR count). The summed E-state index contributed by atoms with van der Waals surface area (Å²) >= 11 is 0. The Kier molecular flexibility index (Phi) is 3.24. The van der Waals surface area contributed by atoms with E-state index in [1.807, 2.05) is 38.1 Å². The van der Waals surface area contributed by atoms with Gasteiger partial charge in [0, 0.05) is 16.3 Å². The van der Waals surface area contributed by atoms with Gasteiger partial charge < -0.3 is 10.5 Å². The largest absolute Gasteiger partial charge is 0.474 e. The fourth-order valence-electron chi connectivity index (χ4n) is 1.44. The van der Waals surface area contributed by atoms with E-state index >= 15 is 0 Å². The molecule has 0 saturated heterocycles. The number of hydrogen-bond donors (Lipinski definition) is 1. The molecule has 1 aromatic heterocycles. The van der Waals surface area contributed by atoms with E-state index in [1.165, 1.54) is 0 Å².